The van der Waals surface area contributed by atoms with Gasteiger partial charge >= 0.3 is 0 Å². The monoisotopic (exact) mass is 714 g/mol. The maximum atomic E-state index is 5.10. The van der Waals surface area contributed by atoms with Gasteiger partial charge in [0.05, 0.1) is 33.5 Å². The molecule has 3 heterocycles. The first-order valence-corrected chi connectivity index (χ1v) is 19.0. The minimum absolute atomic E-state index is 0.710. The summed E-state index contributed by atoms with van der Waals surface area (Å²) in [5, 5.41) is 4.92. The first-order chi connectivity index (χ1) is 27.8. The van der Waals surface area contributed by atoms with Crippen LogP contribution in [0.15, 0.2) is 206 Å². The summed E-state index contributed by atoms with van der Waals surface area (Å²) in [6.45, 7) is 0. The van der Waals surface area contributed by atoms with Crippen LogP contribution in [0.2, 0.25) is 0 Å². The van der Waals surface area contributed by atoms with Gasteiger partial charge in [-0.1, -0.05) is 158 Å². The third kappa shape index (κ3) is 5.23. The maximum absolute atomic E-state index is 5.10. The van der Waals surface area contributed by atoms with Crippen molar-refractivity contribution in [2.75, 3.05) is 0 Å². The summed E-state index contributed by atoms with van der Waals surface area (Å²) >= 11 is 0. The van der Waals surface area contributed by atoms with Gasteiger partial charge in [0, 0.05) is 49.6 Å². The Morgan fingerprint density at radius 3 is 1.55 bits per heavy atom. The van der Waals surface area contributed by atoms with Crippen molar-refractivity contribution < 1.29 is 0 Å². The van der Waals surface area contributed by atoms with Crippen molar-refractivity contribution in [1.29, 1.82) is 0 Å². The van der Waals surface area contributed by atoms with Gasteiger partial charge in [0.1, 0.15) is 0 Å². The summed E-state index contributed by atoms with van der Waals surface area (Å²) in [7, 11) is 0. The van der Waals surface area contributed by atoms with Gasteiger partial charge in [0.15, 0.2) is 5.82 Å². The van der Waals surface area contributed by atoms with Gasteiger partial charge < -0.3 is 9.13 Å². The molecule has 0 aliphatic heterocycles. The molecule has 0 radical (unpaired) electrons. The number of para-hydroxylation sites is 2. The molecule has 0 N–H and O–H groups in total. The van der Waals surface area contributed by atoms with Crippen molar-refractivity contribution in [2.45, 2.75) is 0 Å². The first kappa shape index (κ1) is 31.9. The minimum atomic E-state index is 0.710. The smallest absolute Gasteiger partial charge is 0.160 e. The van der Waals surface area contributed by atoms with E-state index in [0.717, 1.165) is 39.5 Å². The molecule has 262 valence electrons. The van der Waals surface area contributed by atoms with E-state index in [0.29, 0.717) is 5.82 Å². The zero-order valence-electron chi connectivity index (χ0n) is 30.4. The molecule has 56 heavy (non-hydrogen) atoms. The highest BCUT2D eigenvalue weighted by Gasteiger charge is 2.21. The molecule has 3 aromatic heterocycles. The summed E-state index contributed by atoms with van der Waals surface area (Å²) in [5.41, 5.74) is 14.2. The average molecular weight is 715 g/mol. The van der Waals surface area contributed by atoms with Crippen LogP contribution >= 0.6 is 0 Å². The first-order valence-electron chi connectivity index (χ1n) is 19.0. The largest absolute Gasteiger partial charge is 0.309 e. The normalized spacial score (nSPS) is 11.6. The summed E-state index contributed by atoms with van der Waals surface area (Å²) in [4.78, 5) is 10.1. The predicted molar refractivity (Wildman–Crippen MR) is 232 cm³/mol. The van der Waals surface area contributed by atoms with Crippen LogP contribution in [-0.4, -0.2) is 19.1 Å². The van der Waals surface area contributed by atoms with E-state index in [-0.39, 0.29) is 0 Å². The molecule has 11 rings (SSSR count). The van der Waals surface area contributed by atoms with E-state index in [9.17, 15) is 0 Å². The Balaban J connectivity index is 1.11. The molecule has 0 bridgehead atoms. The Labute approximate surface area is 324 Å². The summed E-state index contributed by atoms with van der Waals surface area (Å²) in [6.07, 6.45) is 0. The van der Waals surface area contributed by atoms with Crippen LogP contribution in [0.25, 0.3) is 100 Å². The van der Waals surface area contributed by atoms with Crippen LogP contribution in [0.1, 0.15) is 0 Å². The Bertz CT molecular complexity index is 3160. The van der Waals surface area contributed by atoms with Gasteiger partial charge in [-0.3, -0.25) is 0 Å². The third-order valence-electron chi connectivity index (χ3n) is 10.9. The Hall–Kier alpha value is -7.56. The second-order valence-corrected chi connectivity index (χ2v) is 14.2. The number of aromatic nitrogens is 4. The molecule has 4 nitrogen and oxygen atoms in total. The van der Waals surface area contributed by atoms with Crippen molar-refractivity contribution in [1.82, 2.24) is 19.1 Å². The topological polar surface area (TPSA) is 35.6 Å². The second kappa shape index (κ2) is 13.1. The van der Waals surface area contributed by atoms with Crippen LogP contribution < -0.4 is 0 Å². The lowest BCUT2D eigenvalue weighted by molar-refractivity contribution is 1.17. The number of nitrogens with zero attached hydrogens (tertiary/aromatic N) is 4. The summed E-state index contributed by atoms with van der Waals surface area (Å²) in [5.74, 6) is 0.710. The lowest BCUT2D eigenvalue weighted by Crippen LogP contribution is -1.97. The highest BCUT2D eigenvalue weighted by atomic mass is 15.0. The number of fused-ring (bicyclic) bond motifs is 7. The molecular formula is C52H34N4. The quantitative estimate of drug-likeness (QED) is 0.172. The number of rotatable bonds is 6. The van der Waals surface area contributed by atoms with E-state index in [4.69, 9.17) is 9.97 Å². The SMILES string of the molecule is c1ccc(-c2cccc(-n3c4ccccc4c4c3ccc3c5ccccc5n(-c5ccc(-c6cc(-c7ccccc7)nc(-c7ccccc7)n6)cc5)c34)c2)cc1. The lowest BCUT2D eigenvalue weighted by Gasteiger charge is -2.12. The molecule has 0 saturated carbocycles. The molecular weight excluding hydrogens is 681 g/mol. The fourth-order valence-electron chi connectivity index (χ4n) is 8.36. The predicted octanol–water partition coefficient (Wildman–Crippen LogP) is 13.3. The second-order valence-electron chi connectivity index (χ2n) is 14.2. The number of benzene rings is 8. The zero-order valence-corrected chi connectivity index (χ0v) is 30.4. The van der Waals surface area contributed by atoms with Gasteiger partial charge in [-0.2, -0.15) is 0 Å². The molecule has 0 aliphatic carbocycles. The number of hydrogen-bond donors (Lipinski definition) is 0. The molecule has 0 aliphatic rings. The maximum Gasteiger partial charge on any atom is 0.160 e. The Kier molecular flexibility index (Phi) is 7.46. The van der Waals surface area contributed by atoms with Crippen molar-refractivity contribution in [3.05, 3.63) is 206 Å². The Morgan fingerprint density at radius 1 is 0.304 bits per heavy atom. The number of hydrogen-bond acceptors (Lipinski definition) is 2. The van der Waals surface area contributed by atoms with Gasteiger partial charge in [0.25, 0.3) is 0 Å². The third-order valence-corrected chi connectivity index (χ3v) is 10.9. The fraction of sp³-hybridized carbons (Fsp3) is 0. The summed E-state index contributed by atoms with van der Waals surface area (Å²) < 4.78 is 4.87. The van der Waals surface area contributed by atoms with Crippen molar-refractivity contribution in [2.24, 2.45) is 0 Å². The molecule has 8 aromatic carbocycles. The van der Waals surface area contributed by atoms with Crippen molar-refractivity contribution in [3.8, 4) is 56.4 Å². The van der Waals surface area contributed by atoms with Gasteiger partial charge in [0.2, 0.25) is 0 Å². The van der Waals surface area contributed by atoms with E-state index >= 15 is 0 Å². The Morgan fingerprint density at radius 2 is 0.857 bits per heavy atom. The van der Waals surface area contributed by atoms with Crippen LogP contribution in [-0.2, 0) is 0 Å². The fourth-order valence-corrected chi connectivity index (χ4v) is 8.36. The molecule has 0 fully saturated rings. The standard InChI is InChI=1S/C52H34N4/c1-4-15-35(16-5-1)39-21-14-22-41(33-39)55-48-26-13-11-24-44(48)50-49(55)32-31-43-42-23-10-12-25-47(42)56(51(43)50)40-29-27-37(28-30-40)46-34-45(36-17-6-2-7-18-36)53-52(54-46)38-19-8-3-9-20-38/h1-34H. The summed E-state index contributed by atoms with van der Waals surface area (Å²) in [6, 6.07) is 73.2. The van der Waals surface area contributed by atoms with Gasteiger partial charge in [-0.25, -0.2) is 9.97 Å². The minimum Gasteiger partial charge on any atom is -0.309 e. The van der Waals surface area contributed by atoms with Gasteiger partial charge in [-0.15, -0.1) is 0 Å². The van der Waals surface area contributed by atoms with Crippen molar-refractivity contribution in [3.63, 3.8) is 0 Å². The average Bonchev–Trinajstić information content (AvgIpc) is 3.80. The molecule has 11 aromatic rings. The van der Waals surface area contributed by atoms with E-state index in [1.165, 1.54) is 54.7 Å². The lowest BCUT2D eigenvalue weighted by atomic mass is 10.1. The van der Waals surface area contributed by atoms with Crippen LogP contribution in [0.5, 0.6) is 0 Å². The van der Waals surface area contributed by atoms with E-state index in [1.807, 2.05) is 24.3 Å². The molecule has 0 saturated heterocycles. The van der Waals surface area contributed by atoms with Crippen molar-refractivity contribution >= 4 is 43.6 Å². The van der Waals surface area contributed by atoms with Crippen LogP contribution in [0.3, 0.4) is 0 Å². The molecule has 0 unspecified atom stereocenters. The van der Waals surface area contributed by atoms with Crippen LogP contribution in [0.4, 0.5) is 0 Å². The molecule has 0 spiro atoms. The van der Waals surface area contributed by atoms with E-state index in [1.54, 1.807) is 0 Å². The molecule has 0 amide bonds. The van der Waals surface area contributed by atoms with Gasteiger partial charge in [-0.05, 0) is 59.7 Å². The molecule has 4 heteroatoms. The molecule has 0 atom stereocenters. The highest BCUT2D eigenvalue weighted by molar-refractivity contribution is 6.26. The van der Waals surface area contributed by atoms with Crippen LogP contribution in [0, 0.1) is 0 Å². The highest BCUT2D eigenvalue weighted by Crippen LogP contribution is 2.42. The zero-order chi connectivity index (χ0) is 37.0. The van der Waals surface area contributed by atoms with E-state index < -0.39 is 0 Å². The van der Waals surface area contributed by atoms with E-state index in [2.05, 4.69) is 191 Å².